The SMILES string of the molecule is CCc1cccc(C(O)c2cncc3ccccc23)c1. The van der Waals surface area contributed by atoms with Gasteiger partial charge < -0.3 is 5.11 Å². The lowest BCUT2D eigenvalue weighted by Gasteiger charge is -2.14. The summed E-state index contributed by atoms with van der Waals surface area (Å²) in [5, 5.41) is 12.8. The maximum absolute atomic E-state index is 10.7. The van der Waals surface area contributed by atoms with Crippen molar-refractivity contribution in [2.24, 2.45) is 0 Å². The van der Waals surface area contributed by atoms with Gasteiger partial charge in [0.1, 0.15) is 6.10 Å². The molecule has 1 unspecified atom stereocenters. The Morgan fingerprint density at radius 2 is 1.90 bits per heavy atom. The van der Waals surface area contributed by atoms with Crippen LogP contribution in [-0.2, 0) is 6.42 Å². The van der Waals surface area contributed by atoms with Crippen LogP contribution in [0.5, 0.6) is 0 Å². The summed E-state index contributed by atoms with van der Waals surface area (Å²) in [6, 6.07) is 16.1. The van der Waals surface area contributed by atoms with Crippen LogP contribution in [-0.4, -0.2) is 10.1 Å². The first kappa shape index (κ1) is 12.8. The molecule has 0 aliphatic heterocycles. The Morgan fingerprint density at radius 1 is 1.05 bits per heavy atom. The number of hydrogen-bond donors (Lipinski definition) is 1. The average Bonchev–Trinajstić information content (AvgIpc) is 2.53. The van der Waals surface area contributed by atoms with E-state index in [2.05, 4.69) is 24.0 Å². The molecular weight excluding hydrogens is 246 g/mol. The van der Waals surface area contributed by atoms with E-state index < -0.39 is 6.10 Å². The van der Waals surface area contributed by atoms with Crippen LogP contribution in [0.4, 0.5) is 0 Å². The zero-order valence-corrected chi connectivity index (χ0v) is 11.5. The van der Waals surface area contributed by atoms with E-state index in [0.29, 0.717) is 0 Å². The summed E-state index contributed by atoms with van der Waals surface area (Å²) in [4.78, 5) is 4.24. The zero-order valence-electron chi connectivity index (χ0n) is 11.5. The van der Waals surface area contributed by atoms with E-state index in [0.717, 1.165) is 28.3 Å². The number of fused-ring (bicyclic) bond motifs is 1. The number of aliphatic hydroxyl groups excluding tert-OH is 1. The summed E-state index contributed by atoms with van der Waals surface area (Å²) in [6.07, 6.45) is 3.91. The number of aromatic nitrogens is 1. The fourth-order valence-corrected chi connectivity index (χ4v) is 2.52. The van der Waals surface area contributed by atoms with Crippen LogP contribution < -0.4 is 0 Å². The first-order valence-electron chi connectivity index (χ1n) is 6.89. The summed E-state index contributed by atoms with van der Waals surface area (Å²) in [5.74, 6) is 0. The van der Waals surface area contributed by atoms with Crippen LogP contribution in [0.25, 0.3) is 10.8 Å². The summed E-state index contributed by atoms with van der Waals surface area (Å²) in [6.45, 7) is 2.12. The molecule has 0 spiro atoms. The van der Waals surface area contributed by atoms with Crippen molar-refractivity contribution in [1.82, 2.24) is 4.98 Å². The van der Waals surface area contributed by atoms with Gasteiger partial charge in [-0.15, -0.1) is 0 Å². The Bertz CT molecular complexity index is 731. The first-order valence-corrected chi connectivity index (χ1v) is 6.89. The van der Waals surface area contributed by atoms with E-state index >= 15 is 0 Å². The molecule has 2 heteroatoms. The van der Waals surface area contributed by atoms with Gasteiger partial charge in [-0.2, -0.15) is 0 Å². The molecule has 2 aromatic carbocycles. The topological polar surface area (TPSA) is 33.1 Å². The minimum absolute atomic E-state index is 0.639. The Kier molecular flexibility index (Phi) is 3.48. The van der Waals surface area contributed by atoms with E-state index in [1.54, 1.807) is 6.20 Å². The molecule has 1 aromatic heterocycles. The number of hydrogen-bond acceptors (Lipinski definition) is 2. The fourth-order valence-electron chi connectivity index (χ4n) is 2.52. The van der Waals surface area contributed by atoms with Crippen molar-refractivity contribution < 1.29 is 5.11 Å². The summed E-state index contributed by atoms with van der Waals surface area (Å²) < 4.78 is 0. The Morgan fingerprint density at radius 3 is 2.75 bits per heavy atom. The second-order valence-electron chi connectivity index (χ2n) is 4.95. The van der Waals surface area contributed by atoms with Gasteiger partial charge in [0, 0.05) is 23.3 Å². The molecule has 1 N–H and O–H groups in total. The lowest BCUT2D eigenvalue weighted by Crippen LogP contribution is -2.02. The van der Waals surface area contributed by atoms with Crippen molar-refractivity contribution in [3.8, 4) is 0 Å². The number of benzene rings is 2. The van der Waals surface area contributed by atoms with Crippen LogP contribution in [0.3, 0.4) is 0 Å². The summed E-state index contributed by atoms with van der Waals surface area (Å²) in [5.41, 5.74) is 3.01. The highest BCUT2D eigenvalue weighted by molar-refractivity contribution is 5.85. The predicted octanol–water partition coefficient (Wildman–Crippen LogP) is 3.88. The lowest BCUT2D eigenvalue weighted by atomic mass is 9.96. The van der Waals surface area contributed by atoms with Crippen molar-refractivity contribution in [1.29, 1.82) is 0 Å². The molecule has 1 atom stereocenters. The fraction of sp³-hybridized carbons (Fsp3) is 0.167. The van der Waals surface area contributed by atoms with Gasteiger partial charge in [-0.25, -0.2) is 0 Å². The van der Waals surface area contributed by atoms with Crippen LogP contribution >= 0.6 is 0 Å². The van der Waals surface area contributed by atoms with Crippen LogP contribution in [0.2, 0.25) is 0 Å². The second-order valence-corrected chi connectivity index (χ2v) is 4.95. The zero-order chi connectivity index (χ0) is 13.9. The molecule has 0 aliphatic carbocycles. The number of rotatable bonds is 3. The Labute approximate surface area is 118 Å². The number of pyridine rings is 1. The monoisotopic (exact) mass is 263 g/mol. The van der Waals surface area contributed by atoms with Crippen molar-refractivity contribution in [3.05, 3.63) is 77.6 Å². The van der Waals surface area contributed by atoms with E-state index in [4.69, 9.17) is 0 Å². The summed E-state index contributed by atoms with van der Waals surface area (Å²) in [7, 11) is 0. The molecule has 0 saturated heterocycles. The predicted molar refractivity (Wildman–Crippen MR) is 81.6 cm³/mol. The van der Waals surface area contributed by atoms with Crippen molar-refractivity contribution in [2.75, 3.05) is 0 Å². The summed E-state index contributed by atoms with van der Waals surface area (Å²) >= 11 is 0. The highest BCUT2D eigenvalue weighted by atomic mass is 16.3. The highest BCUT2D eigenvalue weighted by Gasteiger charge is 2.14. The van der Waals surface area contributed by atoms with Crippen molar-refractivity contribution in [2.45, 2.75) is 19.4 Å². The van der Waals surface area contributed by atoms with E-state index in [1.165, 1.54) is 5.56 Å². The third-order valence-corrected chi connectivity index (χ3v) is 3.67. The Balaban J connectivity index is 2.10. The van der Waals surface area contributed by atoms with Gasteiger partial charge in [-0.1, -0.05) is 55.5 Å². The molecule has 3 aromatic rings. The molecule has 0 amide bonds. The molecule has 0 saturated carbocycles. The van der Waals surface area contributed by atoms with Crippen LogP contribution in [0.1, 0.15) is 29.7 Å². The molecule has 0 fully saturated rings. The van der Waals surface area contributed by atoms with Gasteiger partial charge in [0.05, 0.1) is 0 Å². The molecule has 20 heavy (non-hydrogen) atoms. The normalized spacial score (nSPS) is 12.5. The maximum Gasteiger partial charge on any atom is 0.106 e. The van der Waals surface area contributed by atoms with E-state index in [-0.39, 0.29) is 0 Å². The molecule has 100 valence electrons. The van der Waals surface area contributed by atoms with Gasteiger partial charge >= 0.3 is 0 Å². The standard InChI is InChI=1S/C18H17NO/c1-2-13-6-5-8-14(10-13)18(20)17-12-19-11-15-7-3-4-9-16(15)17/h3-12,18,20H,2H2,1H3. The van der Waals surface area contributed by atoms with Gasteiger partial charge in [0.25, 0.3) is 0 Å². The molecule has 1 heterocycles. The smallest absolute Gasteiger partial charge is 0.106 e. The number of nitrogens with zero attached hydrogens (tertiary/aromatic N) is 1. The third kappa shape index (κ3) is 2.30. The average molecular weight is 263 g/mol. The molecular formula is C18H17NO. The molecule has 0 radical (unpaired) electrons. The van der Waals surface area contributed by atoms with Gasteiger partial charge in [-0.3, -0.25) is 4.98 Å². The number of aliphatic hydroxyl groups is 1. The van der Waals surface area contributed by atoms with Gasteiger partial charge in [0.15, 0.2) is 0 Å². The largest absolute Gasteiger partial charge is 0.384 e. The van der Waals surface area contributed by atoms with Crippen LogP contribution in [0.15, 0.2) is 60.9 Å². The Hall–Kier alpha value is -2.19. The van der Waals surface area contributed by atoms with E-state index in [1.807, 2.05) is 42.6 Å². The molecule has 0 bridgehead atoms. The third-order valence-electron chi connectivity index (χ3n) is 3.67. The number of aryl methyl sites for hydroxylation is 1. The molecule has 2 nitrogen and oxygen atoms in total. The minimum Gasteiger partial charge on any atom is -0.384 e. The van der Waals surface area contributed by atoms with E-state index in [9.17, 15) is 5.11 Å². The second kappa shape index (κ2) is 5.43. The van der Waals surface area contributed by atoms with Crippen molar-refractivity contribution in [3.63, 3.8) is 0 Å². The highest BCUT2D eigenvalue weighted by Crippen LogP contribution is 2.28. The maximum atomic E-state index is 10.7. The minimum atomic E-state index is -0.639. The van der Waals surface area contributed by atoms with Crippen LogP contribution in [0, 0.1) is 0 Å². The van der Waals surface area contributed by atoms with Gasteiger partial charge in [-0.05, 0) is 22.9 Å². The molecule has 0 aliphatic rings. The lowest BCUT2D eigenvalue weighted by molar-refractivity contribution is 0.221. The van der Waals surface area contributed by atoms with Crippen molar-refractivity contribution >= 4 is 10.8 Å². The first-order chi connectivity index (χ1) is 9.79. The quantitative estimate of drug-likeness (QED) is 0.778. The van der Waals surface area contributed by atoms with Gasteiger partial charge in [0.2, 0.25) is 0 Å². The molecule has 3 rings (SSSR count).